The first-order valence-electron chi connectivity index (χ1n) is 15.1. The summed E-state index contributed by atoms with van der Waals surface area (Å²) in [6.45, 7) is 8.28. The molecule has 0 bridgehead atoms. The summed E-state index contributed by atoms with van der Waals surface area (Å²) in [4.78, 5) is 40.6. The van der Waals surface area contributed by atoms with E-state index < -0.39 is 51.0 Å². The normalized spacial score (nSPS) is 32.5. The van der Waals surface area contributed by atoms with Crippen LogP contribution in [0.2, 0.25) is 0 Å². The third-order valence-corrected chi connectivity index (χ3v) is 10.7. The van der Waals surface area contributed by atoms with Crippen LogP contribution in [0.1, 0.15) is 94.6 Å². The summed E-state index contributed by atoms with van der Waals surface area (Å²) in [5.74, 6) is -4.16. The molecule has 1 aromatic carbocycles. The number of aliphatic hydroxyl groups is 3. The van der Waals surface area contributed by atoms with E-state index in [4.69, 9.17) is 0 Å². The van der Waals surface area contributed by atoms with Gasteiger partial charge in [-0.25, -0.2) is 0 Å². The molecule has 6 rings (SSSR count). The molecule has 0 radical (unpaired) electrons. The van der Waals surface area contributed by atoms with E-state index >= 15 is 0 Å². The highest BCUT2D eigenvalue weighted by atomic mass is 16.3. The Hall–Kier alpha value is -3.45. The highest BCUT2D eigenvalue weighted by molar-refractivity contribution is 6.25. The lowest BCUT2D eigenvalue weighted by molar-refractivity contribution is -0.171. The predicted octanol–water partition coefficient (Wildman–Crippen LogP) is 6.25. The molecule has 7 heteroatoms. The number of Topliss-reactive ketones (excluding diaryl/α,β-unsaturated/α-hetero) is 3. The van der Waals surface area contributed by atoms with Crippen molar-refractivity contribution < 1.29 is 34.8 Å². The van der Waals surface area contributed by atoms with Gasteiger partial charge >= 0.3 is 0 Å². The Morgan fingerprint density at radius 2 is 1.76 bits per heavy atom. The SMILES string of the molecule is CC(=O)C1=C(O)C(C(C)C)[C@@]2(C)C[C@@]3(C)Cc4c(C5=CC=C(CCC6CC6)C5)ccc(O)c4C(=O)C3=C(O)[C@@]2(O)C1=O. The molecule has 7 nitrogen and oxygen atoms in total. The Morgan fingerprint density at radius 1 is 1.07 bits per heavy atom. The van der Waals surface area contributed by atoms with E-state index in [0.29, 0.717) is 5.56 Å². The summed E-state index contributed by atoms with van der Waals surface area (Å²) in [5.41, 5.74) is -1.66. The van der Waals surface area contributed by atoms with Crippen molar-refractivity contribution in [3.63, 3.8) is 0 Å². The van der Waals surface area contributed by atoms with Crippen molar-refractivity contribution in [1.82, 2.24) is 0 Å². The summed E-state index contributed by atoms with van der Waals surface area (Å²) < 4.78 is 0. The van der Waals surface area contributed by atoms with Crippen molar-refractivity contribution in [3.05, 3.63) is 69.2 Å². The Labute approximate surface area is 246 Å². The van der Waals surface area contributed by atoms with E-state index in [2.05, 4.69) is 12.2 Å². The van der Waals surface area contributed by atoms with Crippen LogP contribution < -0.4 is 0 Å². The first-order valence-corrected chi connectivity index (χ1v) is 15.1. The predicted molar refractivity (Wildman–Crippen MR) is 158 cm³/mol. The molecule has 0 saturated heterocycles. The van der Waals surface area contributed by atoms with E-state index in [1.807, 2.05) is 26.8 Å². The fourth-order valence-electron chi connectivity index (χ4n) is 8.77. The zero-order chi connectivity index (χ0) is 30.5. The number of aliphatic hydroxyl groups excluding tert-OH is 2. The summed E-state index contributed by atoms with van der Waals surface area (Å²) in [7, 11) is 0. The fraction of sp³-hybridized carbons (Fsp3) is 0.514. The third kappa shape index (κ3) is 3.78. The van der Waals surface area contributed by atoms with Crippen LogP contribution in [0, 0.1) is 28.6 Å². The van der Waals surface area contributed by atoms with Crippen molar-refractivity contribution in [1.29, 1.82) is 0 Å². The lowest BCUT2D eigenvalue weighted by Gasteiger charge is -2.59. The second kappa shape index (κ2) is 9.27. The number of phenols is 1. The van der Waals surface area contributed by atoms with Gasteiger partial charge < -0.3 is 20.4 Å². The van der Waals surface area contributed by atoms with Crippen molar-refractivity contribution in [2.75, 3.05) is 0 Å². The average molecular weight is 573 g/mol. The second-order valence-corrected chi connectivity index (χ2v) is 14.1. The van der Waals surface area contributed by atoms with Crippen molar-refractivity contribution in [3.8, 4) is 5.75 Å². The van der Waals surface area contributed by atoms with Gasteiger partial charge in [-0.15, -0.1) is 0 Å². The number of hydrogen-bond donors (Lipinski definition) is 4. The molecular formula is C35H40O7. The molecule has 0 heterocycles. The molecule has 1 fully saturated rings. The number of rotatable bonds is 6. The minimum absolute atomic E-state index is 0.0694. The number of ketones is 3. The summed E-state index contributed by atoms with van der Waals surface area (Å²) in [6, 6.07) is 3.34. The van der Waals surface area contributed by atoms with Gasteiger partial charge in [0, 0.05) is 22.3 Å². The van der Waals surface area contributed by atoms with Gasteiger partial charge in [0.25, 0.3) is 0 Å². The Kier molecular flexibility index (Phi) is 6.33. The zero-order valence-corrected chi connectivity index (χ0v) is 25.0. The molecular weight excluding hydrogens is 532 g/mol. The Balaban J connectivity index is 1.49. The molecule has 5 aliphatic rings. The van der Waals surface area contributed by atoms with Crippen LogP contribution in [0.3, 0.4) is 0 Å². The lowest BCUT2D eigenvalue weighted by atomic mass is 9.44. The van der Waals surface area contributed by atoms with Gasteiger partial charge in [-0.3, -0.25) is 14.4 Å². The number of fused-ring (bicyclic) bond motifs is 3. The van der Waals surface area contributed by atoms with Gasteiger partial charge in [0.1, 0.15) is 22.8 Å². The Morgan fingerprint density at radius 3 is 2.38 bits per heavy atom. The van der Waals surface area contributed by atoms with Crippen LogP contribution >= 0.6 is 0 Å². The average Bonchev–Trinajstić information content (AvgIpc) is 3.60. The van der Waals surface area contributed by atoms with E-state index in [0.717, 1.165) is 36.8 Å². The van der Waals surface area contributed by atoms with E-state index in [-0.39, 0.29) is 41.4 Å². The Bertz CT molecular complexity index is 1580. The van der Waals surface area contributed by atoms with Gasteiger partial charge in [-0.05, 0) is 73.6 Å². The minimum atomic E-state index is -2.60. The largest absolute Gasteiger partial charge is 0.511 e. The summed E-state index contributed by atoms with van der Waals surface area (Å²) in [5, 5.41) is 46.3. The molecule has 0 spiro atoms. The summed E-state index contributed by atoms with van der Waals surface area (Å²) in [6.07, 6.45) is 10.2. The van der Waals surface area contributed by atoms with E-state index in [1.165, 1.54) is 30.9 Å². The smallest absolute Gasteiger partial charge is 0.209 e. The van der Waals surface area contributed by atoms with Crippen molar-refractivity contribution in [2.45, 2.75) is 85.2 Å². The molecule has 42 heavy (non-hydrogen) atoms. The van der Waals surface area contributed by atoms with Gasteiger partial charge in [-0.1, -0.05) is 64.3 Å². The highest BCUT2D eigenvalue weighted by Crippen LogP contribution is 2.65. The molecule has 1 saturated carbocycles. The number of carbonyl (C=O) groups is 3. The monoisotopic (exact) mass is 572 g/mol. The molecule has 5 aliphatic carbocycles. The maximum atomic E-state index is 14.3. The van der Waals surface area contributed by atoms with E-state index in [1.54, 1.807) is 6.92 Å². The van der Waals surface area contributed by atoms with Gasteiger partial charge in [-0.2, -0.15) is 0 Å². The first kappa shape index (κ1) is 28.7. The minimum Gasteiger partial charge on any atom is -0.511 e. The molecule has 222 valence electrons. The molecule has 4 N–H and O–H groups in total. The topological polar surface area (TPSA) is 132 Å². The fourth-order valence-corrected chi connectivity index (χ4v) is 8.77. The first-order chi connectivity index (χ1) is 19.7. The van der Waals surface area contributed by atoms with Crippen LogP contribution in [0.5, 0.6) is 5.75 Å². The van der Waals surface area contributed by atoms with Crippen LogP contribution in [-0.4, -0.2) is 43.4 Å². The number of carbonyl (C=O) groups excluding carboxylic acids is 3. The number of benzene rings is 1. The maximum Gasteiger partial charge on any atom is 0.209 e. The quantitative estimate of drug-likeness (QED) is 0.296. The van der Waals surface area contributed by atoms with E-state index in [9.17, 15) is 34.8 Å². The number of phenolic OH excluding ortho intramolecular Hbond substituents is 1. The number of allylic oxidation sites excluding steroid dienone is 6. The highest BCUT2D eigenvalue weighted by Gasteiger charge is 2.71. The van der Waals surface area contributed by atoms with Gasteiger partial charge in [0.15, 0.2) is 17.2 Å². The van der Waals surface area contributed by atoms with Crippen molar-refractivity contribution >= 4 is 22.9 Å². The van der Waals surface area contributed by atoms with Crippen LogP contribution in [-0.2, 0) is 16.0 Å². The third-order valence-electron chi connectivity index (χ3n) is 10.7. The standard InChI is InChI=1S/C35H40O7/c1-17(2)27-29(38)25(18(3)36)31(40)35(42)32(41)28-30(39)26-23(15-33(28,4)16-34(27,35)5)22(12-13-24(26)37)21-11-10-20(14-21)9-8-19-6-7-19/h10-13,17,19,27,37-38,41-42H,6-9,14-16H2,1-5H3/t27?,33-,34-,35+/m1/s1. The molecule has 1 unspecified atom stereocenters. The molecule has 0 aromatic heterocycles. The van der Waals surface area contributed by atoms with Crippen LogP contribution in [0.4, 0.5) is 0 Å². The molecule has 0 aliphatic heterocycles. The lowest BCUT2D eigenvalue weighted by Crippen LogP contribution is -2.67. The van der Waals surface area contributed by atoms with Gasteiger partial charge in [0.05, 0.1) is 5.56 Å². The second-order valence-electron chi connectivity index (χ2n) is 14.1. The molecule has 1 aromatic rings. The maximum absolute atomic E-state index is 14.3. The number of hydrogen-bond acceptors (Lipinski definition) is 7. The van der Waals surface area contributed by atoms with Crippen LogP contribution in [0.15, 0.2) is 52.5 Å². The molecule has 0 amide bonds. The van der Waals surface area contributed by atoms with Gasteiger partial charge in [0.2, 0.25) is 5.78 Å². The zero-order valence-electron chi connectivity index (χ0n) is 25.0. The van der Waals surface area contributed by atoms with Crippen LogP contribution in [0.25, 0.3) is 5.57 Å². The number of aromatic hydroxyl groups is 1. The summed E-state index contributed by atoms with van der Waals surface area (Å²) >= 11 is 0. The molecule has 4 atom stereocenters. The van der Waals surface area contributed by atoms with Crippen molar-refractivity contribution in [2.24, 2.45) is 28.6 Å².